The molecule has 0 bridgehead atoms. The molecule has 0 spiro atoms. The van der Waals surface area contributed by atoms with E-state index < -0.39 is 0 Å². The smallest absolute Gasteiger partial charge is 0.264 e. The Balaban J connectivity index is 1.49. The topological polar surface area (TPSA) is 59.9 Å². The second-order valence-electron chi connectivity index (χ2n) is 7.65. The van der Waals surface area contributed by atoms with Crippen molar-refractivity contribution in [3.8, 4) is 11.5 Å². The fraction of sp³-hybridized carbons (Fsp3) is 0.154. The number of amides is 1. The van der Waals surface area contributed by atoms with E-state index >= 15 is 0 Å². The van der Waals surface area contributed by atoms with Crippen molar-refractivity contribution in [2.45, 2.75) is 20.5 Å². The zero-order chi connectivity index (χ0) is 23.4. The van der Waals surface area contributed by atoms with Gasteiger partial charge in [-0.1, -0.05) is 24.3 Å². The predicted molar refractivity (Wildman–Crippen MR) is 130 cm³/mol. The molecule has 1 aliphatic rings. The molecule has 0 aromatic heterocycles. The van der Waals surface area contributed by atoms with Crippen LogP contribution in [-0.2, 0) is 11.4 Å². The summed E-state index contributed by atoms with van der Waals surface area (Å²) in [5, 5.41) is 3.36. The minimum Gasteiger partial charge on any atom is -0.493 e. The Morgan fingerprint density at radius 3 is 2.42 bits per heavy atom. The van der Waals surface area contributed by atoms with Gasteiger partial charge in [0.15, 0.2) is 16.7 Å². The Kier molecular flexibility index (Phi) is 6.79. The van der Waals surface area contributed by atoms with Crippen molar-refractivity contribution in [2.75, 3.05) is 7.11 Å². The van der Waals surface area contributed by atoms with E-state index in [1.807, 2.05) is 32.0 Å². The minimum absolute atomic E-state index is 0.196. The van der Waals surface area contributed by atoms with E-state index in [1.165, 1.54) is 23.9 Å². The van der Waals surface area contributed by atoms with Crippen molar-refractivity contribution in [1.82, 2.24) is 5.32 Å². The van der Waals surface area contributed by atoms with E-state index in [0.29, 0.717) is 21.6 Å². The molecule has 0 radical (unpaired) electrons. The van der Waals surface area contributed by atoms with Gasteiger partial charge in [0.1, 0.15) is 12.4 Å². The fourth-order valence-corrected chi connectivity index (χ4v) is 4.24. The zero-order valence-corrected chi connectivity index (χ0v) is 19.3. The summed E-state index contributed by atoms with van der Waals surface area (Å²) < 4.78 is 24.4. The van der Waals surface area contributed by atoms with Crippen LogP contribution in [0.25, 0.3) is 6.08 Å². The van der Waals surface area contributed by atoms with Crippen LogP contribution >= 0.6 is 11.8 Å². The lowest BCUT2D eigenvalue weighted by atomic mass is 10.1. The summed E-state index contributed by atoms with van der Waals surface area (Å²) in [6.07, 6.45) is 1.79. The molecular formula is C26H23FN2O3S. The lowest BCUT2D eigenvalue weighted by molar-refractivity contribution is -0.115. The van der Waals surface area contributed by atoms with Gasteiger partial charge in [-0.2, -0.15) is 0 Å². The SMILES string of the molecule is COc1cc(/C=C2\SC(=Nc3cc(C)cc(C)c3)NC2=O)ccc1OCc1ccc(F)cc1. The van der Waals surface area contributed by atoms with E-state index in [9.17, 15) is 9.18 Å². The Bertz CT molecular complexity index is 1230. The predicted octanol–water partition coefficient (Wildman–Crippen LogP) is 5.92. The number of rotatable bonds is 6. The van der Waals surface area contributed by atoms with Crippen LogP contribution in [0.1, 0.15) is 22.3 Å². The van der Waals surface area contributed by atoms with Crippen LogP contribution in [0.4, 0.5) is 10.1 Å². The molecule has 0 aliphatic carbocycles. The number of methoxy groups -OCH3 is 1. The molecule has 1 fully saturated rings. The average molecular weight is 463 g/mol. The number of nitrogens with one attached hydrogen (secondary N) is 1. The van der Waals surface area contributed by atoms with E-state index in [2.05, 4.69) is 16.4 Å². The molecule has 1 amide bonds. The van der Waals surface area contributed by atoms with Gasteiger partial charge in [0.05, 0.1) is 17.7 Å². The van der Waals surface area contributed by atoms with Crippen LogP contribution in [0.15, 0.2) is 70.6 Å². The van der Waals surface area contributed by atoms with Crippen LogP contribution in [0.3, 0.4) is 0 Å². The van der Waals surface area contributed by atoms with E-state index in [0.717, 1.165) is 27.9 Å². The number of carbonyl (C=O) groups is 1. The van der Waals surface area contributed by atoms with Gasteiger partial charge in [0.25, 0.3) is 5.91 Å². The van der Waals surface area contributed by atoms with Crippen LogP contribution in [0.2, 0.25) is 0 Å². The van der Waals surface area contributed by atoms with Crippen LogP contribution in [0, 0.1) is 19.7 Å². The summed E-state index contributed by atoms with van der Waals surface area (Å²) >= 11 is 1.29. The van der Waals surface area contributed by atoms with Gasteiger partial charge >= 0.3 is 0 Å². The lowest BCUT2D eigenvalue weighted by Crippen LogP contribution is -2.19. The first kappa shape index (κ1) is 22.6. The summed E-state index contributed by atoms with van der Waals surface area (Å²) in [6, 6.07) is 17.6. The number of hydrogen-bond donors (Lipinski definition) is 1. The molecule has 1 saturated heterocycles. The Labute approximate surface area is 196 Å². The largest absolute Gasteiger partial charge is 0.493 e. The van der Waals surface area contributed by atoms with Crippen molar-refractivity contribution < 1.29 is 18.7 Å². The highest BCUT2D eigenvalue weighted by molar-refractivity contribution is 8.18. The second kappa shape index (κ2) is 9.92. The molecule has 0 saturated carbocycles. The van der Waals surface area contributed by atoms with Gasteiger partial charge in [0.2, 0.25) is 0 Å². The number of aryl methyl sites for hydroxylation is 2. The summed E-state index contributed by atoms with van der Waals surface area (Å²) in [5.74, 6) is 0.618. The van der Waals surface area contributed by atoms with Crippen LogP contribution < -0.4 is 14.8 Å². The maximum absolute atomic E-state index is 13.1. The van der Waals surface area contributed by atoms with Crippen molar-refractivity contribution >= 4 is 34.6 Å². The molecule has 168 valence electrons. The van der Waals surface area contributed by atoms with E-state index in [1.54, 1.807) is 37.5 Å². The number of nitrogens with zero attached hydrogens (tertiary/aromatic N) is 1. The molecule has 4 rings (SSSR count). The highest BCUT2D eigenvalue weighted by Gasteiger charge is 2.24. The summed E-state index contributed by atoms with van der Waals surface area (Å²) in [6.45, 7) is 4.32. The highest BCUT2D eigenvalue weighted by Crippen LogP contribution is 2.33. The van der Waals surface area contributed by atoms with Crippen molar-refractivity contribution in [3.63, 3.8) is 0 Å². The molecule has 1 N–H and O–H groups in total. The monoisotopic (exact) mass is 462 g/mol. The Morgan fingerprint density at radius 2 is 1.73 bits per heavy atom. The summed E-state index contributed by atoms with van der Waals surface area (Å²) in [4.78, 5) is 17.6. The molecule has 3 aromatic carbocycles. The maximum Gasteiger partial charge on any atom is 0.264 e. The third-order valence-corrected chi connectivity index (χ3v) is 5.79. The number of thioether (sulfide) groups is 1. The zero-order valence-electron chi connectivity index (χ0n) is 18.5. The van der Waals surface area contributed by atoms with Crippen LogP contribution in [0.5, 0.6) is 11.5 Å². The first-order valence-corrected chi connectivity index (χ1v) is 11.1. The number of carbonyl (C=O) groups excluding carboxylic acids is 1. The van der Waals surface area contributed by atoms with Gasteiger partial charge < -0.3 is 14.8 Å². The third-order valence-electron chi connectivity index (χ3n) is 4.88. The van der Waals surface area contributed by atoms with Gasteiger partial charge in [-0.3, -0.25) is 4.79 Å². The fourth-order valence-electron chi connectivity index (χ4n) is 3.40. The number of amidine groups is 1. The first-order valence-electron chi connectivity index (χ1n) is 10.3. The van der Waals surface area contributed by atoms with Crippen molar-refractivity contribution in [2.24, 2.45) is 4.99 Å². The molecule has 33 heavy (non-hydrogen) atoms. The van der Waals surface area contributed by atoms with Crippen molar-refractivity contribution in [3.05, 3.63) is 93.6 Å². The molecule has 0 atom stereocenters. The van der Waals surface area contributed by atoms with Gasteiger partial charge in [-0.25, -0.2) is 9.38 Å². The van der Waals surface area contributed by atoms with E-state index in [-0.39, 0.29) is 18.3 Å². The van der Waals surface area contributed by atoms with Gasteiger partial charge in [-0.05, 0) is 90.3 Å². The minimum atomic E-state index is -0.287. The number of hydrogen-bond acceptors (Lipinski definition) is 5. The quantitative estimate of drug-likeness (QED) is 0.462. The Morgan fingerprint density at radius 1 is 1.00 bits per heavy atom. The molecule has 0 unspecified atom stereocenters. The molecule has 3 aromatic rings. The standard InChI is InChI=1S/C26H23FN2O3S/c1-16-10-17(2)12-21(11-16)28-26-29-25(30)24(33-26)14-19-6-9-22(23(13-19)31-3)32-15-18-4-7-20(27)8-5-18/h4-14H,15H2,1-3H3,(H,28,29,30)/b24-14-. The summed E-state index contributed by atoms with van der Waals surface area (Å²) in [7, 11) is 1.56. The number of halogens is 1. The van der Waals surface area contributed by atoms with E-state index in [4.69, 9.17) is 9.47 Å². The Hall–Kier alpha value is -3.58. The maximum atomic E-state index is 13.1. The third kappa shape index (κ3) is 5.81. The number of benzene rings is 3. The van der Waals surface area contributed by atoms with Gasteiger partial charge in [0, 0.05) is 0 Å². The van der Waals surface area contributed by atoms with Crippen molar-refractivity contribution in [1.29, 1.82) is 0 Å². The molecule has 1 heterocycles. The summed E-state index contributed by atoms with van der Waals surface area (Å²) in [5.41, 5.74) is 4.69. The second-order valence-corrected chi connectivity index (χ2v) is 8.68. The number of ether oxygens (including phenoxy) is 2. The number of aliphatic imine (C=N–C) groups is 1. The van der Waals surface area contributed by atoms with Crippen LogP contribution in [-0.4, -0.2) is 18.2 Å². The highest BCUT2D eigenvalue weighted by atomic mass is 32.2. The average Bonchev–Trinajstić information content (AvgIpc) is 3.11. The first-order chi connectivity index (χ1) is 15.9. The molecule has 5 nitrogen and oxygen atoms in total. The molecule has 7 heteroatoms. The molecule has 1 aliphatic heterocycles. The van der Waals surface area contributed by atoms with Gasteiger partial charge in [-0.15, -0.1) is 0 Å². The molecular weight excluding hydrogens is 439 g/mol. The lowest BCUT2D eigenvalue weighted by Gasteiger charge is -2.11. The normalized spacial score (nSPS) is 15.7.